The lowest BCUT2D eigenvalue weighted by Crippen LogP contribution is -2.30. The zero-order chi connectivity index (χ0) is 15.9. The first kappa shape index (κ1) is 20.2. The van der Waals surface area contributed by atoms with E-state index in [1.54, 1.807) is 0 Å². The summed E-state index contributed by atoms with van der Waals surface area (Å²) >= 11 is 0. The second-order valence-corrected chi connectivity index (χ2v) is 6.01. The van der Waals surface area contributed by atoms with E-state index < -0.39 is 5.97 Å². The molecule has 0 heterocycles. The topological polar surface area (TPSA) is 40.5 Å². The molecule has 0 rings (SSSR count). The maximum atomic E-state index is 10.9. The Morgan fingerprint density at radius 2 is 1.29 bits per heavy atom. The summed E-state index contributed by atoms with van der Waals surface area (Å²) in [6.45, 7) is 10.6. The van der Waals surface area contributed by atoms with Crippen molar-refractivity contribution in [1.29, 1.82) is 0 Å². The van der Waals surface area contributed by atoms with Gasteiger partial charge in [0.05, 0.1) is 0 Å². The van der Waals surface area contributed by atoms with Gasteiger partial charge in [-0.25, -0.2) is 4.79 Å². The molecule has 0 aromatic rings. The molecular formula is C18H35NO2. The molecule has 21 heavy (non-hydrogen) atoms. The quantitative estimate of drug-likeness (QED) is 0.346. The van der Waals surface area contributed by atoms with Crippen molar-refractivity contribution in [2.24, 2.45) is 0 Å². The normalized spacial score (nSPS) is 11.0. The number of rotatable bonds is 15. The van der Waals surface area contributed by atoms with Crippen LogP contribution in [0.3, 0.4) is 0 Å². The average molecular weight is 297 g/mol. The van der Waals surface area contributed by atoms with Gasteiger partial charge in [-0.2, -0.15) is 0 Å². The minimum atomic E-state index is -0.864. The smallest absolute Gasteiger partial charge is 0.332 e. The van der Waals surface area contributed by atoms with Crippen LogP contribution in [0.4, 0.5) is 0 Å². The van der Waals surface area contributed by atoms with Gasteiger partial charge in [0.15, 0.2) is 0 Å². The fourth-order valence-electron chi connectivity index (χ4n) is 2.49. The Morgan fingerprint density at radius 3 is 1.67 bits per heavy atom. The molecule has 0 spiro atoms. The van der Waals surface area contributed by atoms with Crippen molar-refractivity contribution in [3.8, 4) is 0 Å². The van der Waals surface area contributed by atoms with E-state index in [9.17, 15) is 4.79 Å². The second kappa shape index (κ2) is 14.1. The SMILES string of the molecule is C=C(CN(CCCCCCC)CCCCCCC)C(=O)O. The van der Waals surface area contributed by atoms with E-state index in [1.807, 2.05) is 0 Å². The Kier molecular flexibility index (Phi) is 13.6. The first-order valence-electron chi connectivity index (χ1n) is 8.75. The lowest BCUT2D eigenvalue weighted by molar-refractivity contribution is -0.132. The predicted octanol–water partition coefficient (Wildman–Crippen LogP) is 4.87. The van der Waals surface area contributed by atoms with Crippen LogP contribution < -0.4 is 0 Å². The Balaban J connectivity index is 3.96. The molecule has 0 aliphatic rings. The first-order valence-corrected chi connectivity index (χ1v) is 8.75. The van der Waals surface area contributed by atoms with Gasteiger partial charge < -0.3 is 5.11 Å². The third-order valence-corrected chi connectivity index (χ3v) is 3.87. The number of unbranched alkanes of at least 4 members (excludes halogenated alkanes) is 8. The second-order valence-electron chi connectivity index (χ2n) is 6.01. The number of carboxylic acids is 1. The largest absolute Gasteiger partial charge is 0.478 e. The van der Waals surface area contributed by atoms with Crippen LogP contribution in [-0.4, -0.2) is 35.6 Å². The first-order chi connectivity index (χ1) is 10.1. The van der Waals surface area contributed by atoms with Crippen molar-refractivity contribution < 1.29 is 9.90 Å². The Morgan fingerprint density at radius 1 is 0.857 bits per heavy atom. The maximum absolute atomic E-state index is 10.9. The van der Waals surface area contributed by atoms with E-state index in [4.69, 9.17) is 5.11 Å². The van der Waals surface area contributed by atoms with Gasteiger partial charge in [0, 0.05) is 12.1 Å². The Bertz CT molecular complexity index is 262. The maximum Gasteiger partial charge on any atom is 0.332 e. The number of hydrogen-bond acceptors (Lipinski definition) is 2. The van der Waals surface area contributed by atoms with Gasteiger partial charge in [-0.1, -0.05) is 71.8 Å². The standard InChI is InChI=1S/C18H35NO2/c1-4-6-8-10-12-14-19(16-17(3)18(20)21)15-13-11-9-7-5-2/h3-16H2,1-2H3,(H,20,21). The fourth-order valence-corrected chi connectivity index (χ4v) is 2.49. The van der Waals surface area contributed by atoms with Crippen LogP contribution in [0.2, 0.25) is 0 Å². The van der Waals surface area contributed by atoms with Crippen molar-refractivity contribution in [2.45, 2.75) is 78.1 Å². The van der Waals surface area contributed by atoms with E-state index >= 15 is 0 Å². The van der Waals surface area contributed by atoms with Crippen LogP contribution in [0.25, 0.3) is 0 Å². The van der Waals surface area contributed by atoms with Crippen LogP contribution in [0, 0.1) is 0 Å². The zero-order valence-electron chi connectivity index (χ0n) is 14.2. The Labute approximate surface area is 131 Å². The molecule has 0 atom stereocenters. The highest BCUT2D eigenvalue weighted by Gasteiger charge is 2.11. The van der Waals surface area contributed by atoms with Crippen LogP contribution in [0.5, 0.6) is 0 Å². The molecule has 0 aliphatic heterocycles. The Hall–Kier alpha value is -0.830. The summed E-state index contributed by atoms with van der Waals surface area (Å²) in [5, 5.41) is 8.99. The third kappa shape index (κ3) is 12.6. The van der Waals surface area contributed by atoms with Gasteiger partial charge >= 0.3 is 5.97 Å². The number of nitrogens with zero attached hydrogens (tertiary/aromatic N) is 1. The van der Waals surface area contributed by atoms with Crippen molar-refractivity contribution >= 4 is 5.97 Å². The third-order valence-electron chi connectivity index (χ3n) is 3.87. The molecular weight excluding hydrogens is 262 g/mol. The minimum Gasteiger partial charge on any atom is -0.478 e. The van der Waals surface area contributed by atoms with Gasteiger partial charge in [-0.15, -0.1) is 0 Å². The molecule has 1 N–H and O–H groups in total. The van der Waals surface area contributed by atoms with Gasteiger partial charge in [0.2, 0.25) is 0 Å². The molecule has 0 amide bonds. The predicted molar refractivity (Wildman–Crippen MR) is 90.7 cm³/mol. The van der Waals surface area contributed by atoms with E-state index in [1.165, 1.54) is 64.2 Å². The lowest BCUT2D eigenvalue weighted by Gasteiger charge is -2.22. The molecule has 0 fully saturated rings. The lowest BCUT2D eigenvalue weighted by atomic mass is 10.1. The highest BCUT2D eigenvalue weighted by molar-refractivity contribution is 5.86. The highest BCUT2D eigenvalue weighted by atomic mass is 16.4. The summed E-state index contributed by atoms with van der Waals surface area (Å²) in [7, 11) is 0. The summed E-state index contributed by atoms with van der Waals surface area (Å²) in [6.07, 6.45) is 12.6. The molecule has 0 aromatic heterocycles. The zero-order valence-corrected chi connectivity index (χ0v) is 14.2. The summed E-state index contributed by atoms with van der Waals surface area (Å²) in [5.41, 5.74) is 0.317. The minimum absolute atomic E-state index is 0.317. The van der Waals surface area contributed by atoms with Crippen molar-refractivity contribution in [3.63, 3.8) is 0 Å². The number of aliphatic carboxylic acids is 1. The van der Waals surface area contributed by atoms with E-state index in [0.717, 1.165) is 13.1 Å². The average Bonchev–Trinajstić information content (AvgIpc) is 2.46. The fraction of sp³-hybridized carbons (Fsp3) is 0.833. The van der Waals surface area contributed by atoms with Gasteiger partial charge in [-0.05, 0) is 25.9 Å². The van der Waals surface area contributed by atoms with Gasteiger partial charge in [0.1, 0.15) is 0 Å². The molecule has 124 valence electrons. The van der Waals surface area contributed by atoms with E-state index in [0.29, 0.717) is 12.1 Å². The number of hydrogen-bond donors (Lipinski definition) is 1. The van der Waals surface area contributed by atoms with E-state index in [2.05, 4.69) is 25.3 Å². The van der Waals surface area contributed by atoms with Gasteiger partial charge in [-0.3, -0.25) is 4.90 Å². The molecule has 0 saturated carbocycles. The highest BCUT2D eigenvalue weighted by Crippen LogP contribution is 2.09. The van der Waals surface area contributed by atoms with Crippen molar-refractivity contribution in [1.82, 2.24) is 4.90 Å². The molecule has 0 aliphatic carbocycles. The summed E-state index contributed by atoms with van der Waals surface area (Å²) in [4.78, 5) is 13.2. The summed E-state index contributed by atoms with van der Waals surface area (Å²) in [6, 6.07) is 0. The molecule has 0 bridgehead atoms. The van der Waals surface area contributed by atoms with Crippen LogP contribution in [0.1, 0.15) is 78.1 Å². The summed E-state index contributed by atoms with van der Waals surface area (Å²) < 4.78 is 0. The van der Waals surface area contributed by atoms with Crippen molar-refractivity contribution in [3.05, 3.63) is 12.2 Å². The summed E-state index contributed by atoms with van der Waals surface area (Å²) in [5.74, 6) is -0.864. The van der Waals surface area contributed by atoms with Gasteiger partial charge in [0.25, 0.3) is 0 Å². The molecule has 0 saturated heterocycles. The molecule has 0 aromatic carbocycles. The van der Waals surface area contributed by atoms with Crippen LogP contribution >= 0.6 is 0 Å². The molecule has 0 radical (unpaired) electrons. The molecule has 3 nitrogen and oxygen atoms in total. The number of carbonyl (C=O) groups is 1. The van der Waals surface area contributed by atoms with E-state index in [-0.39, 0.29) is 0 Å². The van der Waals surface area contributed by atoms with Crippen molar-refractivity contribution in [2.75, 3.05) is 19.6 Å². The van der Waals surface area contributed by atoms with Crippen LogP contribution in [-0.2, 0) is 4.79 Å². The molecule has 3 heteroatoms. The number of carboxylic acid groups (broad SMARTS) is 1. The monoisotopic (exact) mass is 297 g/mol. The van der Waals surface area contributed by atoms with Crippen LogP contribution in [0.15, 0.2) is 12.2 Å². The molecule has 0 unspecified atom stereocenters.